The van der Waals surface area contributed by atoms with Crippen molar-refractivity contribution in [3.05, 3.63) is 22.4 Å². The number of hydrogen-bond acceptors (Lipinski definition) is 2. The van der Waals surface area contributed by atoms with Gasteiger partial charge in [0.2, 0.25) is 0 Å². The molecule has 1 fully saturated rings. The van der Waals surface area contributed by atoms with Gasteiger partial charge < -0.3 is 5.32 Å². The first-order valence-corrected chi connectivity index (χ1v) is 7.12. The number of hydrogen-bond donors (Lipinski definition) is 1. The van der Waals surface area contributed by atoms with Crippen molar-refractivity contribution in [1.29, 1.82) is 0 Å². The van der Waals surface area contributed by atoms with Gasteiger partial charge in [0.25, 0.3) is 0 Å². The molecule has 0 radical (unpaired) electrons. The second-order valence-corrected chi connectivity index (χ2v) is 5.23. The van der Waals surface area contributed by atoms with Gasteiger partial charge in [-0.15, -0.1) is 11.3 Å². The Morgan fingerprint density at radius 1 is 1.44 bits per heavy atom. The Hall–Kier alpha value is -0.830. The second-order valence-electron chi connectivity index (χ2n) is 4.25. The molecule has 16 heavy (non-hydrogen) atoms. The van der Waals surface area contributed by atoms with Gasteiger partial charge in [-0.05, 0) is 30.7 Å². The van der Waals surface area contributed by atoms with Crippen LogP contribution in [0.1, 0.15) is 49.9 Å². The van der Waals surface area contributed by atoms with Gasteiger partial charge in [0, 0.05) is 17.8 Å². The fraction of sp³-hybridized carbons (Fsp3) is 0.615. The zero-order valence-corrected chi connectivity index (χ0v) is 10.7. The van der Waals surface area contributed by atoms with E-state index in [1.54, 1.807) is 0 Å². The van der Waals surface area contributed by atoms with E-state index in [2.05, 4.69) is 29.8 Å². The normalized spacial score (nSPS) is 21.4. The SMILES string of the molecule is CCC(N=C1CCCCCN1)c1cccs1. The summed E-state index contributed by atoms with van der Waals surface area (Å²) in [5, 5.41) is 5.60. The maximum Gasteiger partial charge on any atom is 0.0971 e. The highest BCUT2D eigenvalue weighted by Gasteiger charge is 2.11. The first-order chi connectivity index (χ1) is 7.90. The molecule has 1 unspecified atom stereocenters. The van der Waals surface area contributed by atoms with Crippen molar-refractivity contribution in [2.75, 3.05) is 6.54 Å². The molecule has 1 saturated heterocycles. The first-order valence-electron chi connectivity index (χ1n) is 6.24. The topological polar surface area (TPSA) is 24.4 Å². The van der Waals surface area contributed by atoms with Crippen LogP contribution in [0.3, 0.4) is 0 Å². The van der Waals surface area contributed by atoms with Crippen molar-refractivity contribution in [1.82, 2.24) is 5.32 Å². The van der Waals surface area contributed by atoms with Crippen LogP contribution in [-0.2, 0) is 0 Å². The van der Waals surface area contributed by atoms with Gasteiger partial charge in [0.15, 0.2) is 0 Å². The molecular weight excluding hydrogens is 216 g/mol. The van der Waals surface area contributed by atoms with Gasteiger partial charge in [0.05, 0.1) is 11.9 Å². The third kappa shape index (κ3) is 3.08. The van der Waals surface area contributed by atoms with E-state index in [0.717, 1.165) is 19.4 Å². The van der Waals surface area contributed by atoms with E-state index in [-0.39, 0.29) is 0 Å². The quantitative estimate of drug-likeness (QED) is 0.849. The Labute approximate surface area is 102 Å². The zero-order chi connectivity index (χ0) is 11.2. The predicted octanol–water partition coefficient (Wildman–Crippen LogP) is 3.76. The molecule has 1 atom stereocenters. The molecule has 1 aliphatic heterocycles. The summed E-state index contributed by atoms with van der Waals surface area (Å²) in [6.45, 7) is 3.31. The predicted molar refractivity (Wildman–Crippen MR) is 71.3 cm³/mol. The van der Waals surface area contributed by atoms with E-state index < -0.39 is 0 Å². The average Bonchev–Trinajstić information content (AvgIpc) is 2.71. The summed E-state index contributed by atoms with van der Waals surface area (Å²) < 4.78 is 0. The molecule has 2 rings (SSSR count). The highest BCUT2D eigenvalue weighted by Crippen LogP contribution is 2.26. The van der Waals surface area contributed by atoms with Crippen LogP contribution in [-0.4, -0.2) is 12.4 Å². The van der Waals surface area contributed by atoms with Gasteiger partial charge in [-0.1, -0.05) is 19.4 Å². The Balaban J connectivity index is 2.06. The summed E-state index contributed by atoms with van der Waals surface area (Å²) in [5.41, 5.74) is 0. The molecule has 0 spiro atoms. The van der Waals surface area contributed by atoms with Crippen LogP contribution in [0.5, 0.6) is 0 Å². The highest BCUT2D eigenvalue weighted by atomic mass is 32.1. The van der Waals surface area contributed by atoms with Crippen LogP contribution in [0.4, 0.5) is 0 Å². The highest BCUT2D eigenvalue weighted by molar-refractivity contribution is 7.10. The number of thiophene rings is 1. The monoisotopic (exact) mass is 236 g/mol. The summed E-state index contributed by atoms with van der Waals surface area (Å²) in [6.07, 6.45) is 6.12. The zero-order valence-electron chi connectivity index (χ0n) is 9.91. The minimum atomic E-state index is 0.362. The summed E-state index contributed by atoms with van der Waals surface area (Å²) in [7, 11) is 0. The third-order valence-corrected chi connectivity index (χ3v) is 3.96. The molecule has 1 aliphatic rings. The lowest BCUT2D eigenvalue weighted by atomic mass is 10.2. The van der Waals surface area contributed by atoms with Gasteiger partial charge in [-0.2, -0.15) is 0 Å². The number of aliphatic imine (C=N–C) groups is 1. The van der Waals surface area contributed by atoms with E-state index in [1.807, 2.05) is 11.3 Å². The van der Waals surface area contributed by atoms with Crippen molar-refractivity contribution in [2.45, 2.75) is 45.1 Å². The van der Waals surface area contributed by atoms with Gasteiger partial charge in [-0.25, -0.2) is 0 Å². The first kappa shape index (κ1) is 11.6. The minimum absolute atomic E-state index is 0.362. The smallest absolute Gasteiger partial charge is 0.0971 e. The van der Waals surface area contributed by atoms with Crippen LogP contribution < -0.4 is 5.32 Å². The average molecular weight is 236 g/mol. The summed E-state index contributed by atoms with van der Waals surface area (Å²) in [4.78, 5) is 6.26. The molecule has 2 nitrogen and oxygen atoms in total. The Bertz CT molecular complexity index is 320. The van der Waals surface area contributed by atoms with Crippen LogP contribution in [0.25, 0.3) is 0 Å². The largest absolute Gasteiger partial charge is 0.374 e. The van der Waals surface area contributed by atoms with Crippen LogP contribution in [0.15, 0.2) is 22.5 Å². The second kappa shape index (κ2) is 6.04. The number of amidine groups is 1. The summed E-state index contributed by atoms with van der Waals surface area (Å²) in [5.74, 6) is 1.22. The third-order valence-electron chi connectivity index (χ3n) is 2.99. The van der Waals surface area contributed by atoms with Crippen molar-refractivity contribution < 1.29 is 0 Å². The molecule has 2 heterocycles. The summed E-state index contributed by atoms with van der Waals surface area (Å²) >= 11 is 1.81. The molecule has 0 bridgehead atoms. The Kier molecular flexibility index (Phi) is 4.40. The van der Waals surface area contributed by atoms with E-state index in [4.69, 9.17) is 4.99 Å². The molecule has 1 aromatic heterocycles. The van der Waals surface area contributed by atoms with Crippen molar-refractivity contribution in [3.8, 4) is 0 Å². The van der Waals surface area contributed by atoms with E-state index >= 15 is 0 Å². The molecule has 0 aliphatic carbocycles. The van der Waals surface area contributed by atoms with Crippen molar-refractivity contribution in [3.63, 3.8) is 0 Å². The molecule has 0 amide bonds. The molecule has 3 heteroatoms. The van der Waals surface area contributed by atoms with E-state index in [9.17, 15) is 0 Å². The Morgan fingerprint density at radius 3 is 3.12 bits per heavy atom. The van der Waals surface area contributed by atoms with E-state index in [0.29, 0.717) is 6.04 Å². The number of nitrogens with one attached hydrogen (secondary N) is 1. The van der Waals surface area contributed by atoms with Crippen LogP contribution in [0, 0.1) is 0 Å². The maximum atomic E-state index is 4.87. The lowest BCUT2D eigenvalue weighted by Crippen LogP contribution is -2.22. The summed E-state index contributed by atoms with van der Waals surface area (Å²) in [6, 6.07) is 4.67. The van der Waals surface area contributed by atoms with Crippen LogP contribution >= 0.6 is 11.3 Å². The standard InChI is InChI=1S/C13H20N2S/c1-2-11(12-7-6-10-16-12)15-13-8-4-3-5-9-14-13/h6-7,10-11H,2-5,8-9H2,1H3,(H,14,15). The molecular formula is C13H20N2S. The Morgan fingerprint density at radius 2 is 2.38 bits per heavy atom. The number of nitrogens with zero attached hydrogens (tertiary/aromatic N) is 1. The van der Waals surface area contributed by atoms with Gasteiger partial charge in [-0.3, -0.25) is 4.99 Å². The molecule has 0 saturated carbocycles. The minimum Gasteiger partial charge on any atom is -0.374 e. The fourth-order valence-electron chi connectivity index (χ4n) is 2.05. The fourth-order valence-corrected chi connectivity index (χ4v) is 2.90. The maximum absolute atomic E-state index is 4.87. The molecule has 1 N–H and O–H groups in total. The molecule has 0 aromatic carbocycles. The van der Waals surface area contributed by atoms with Crippen molar-refractivity contribution >= 4 is 17.2 Å². The molecule has 1 aromatic rings. The van der Waals surface area contributed by atoms with Gasteiger partial charge in [0.1, 0.15) is 0 Å². The van der Waals surface area contributed by atoms with Gasteiger partial charge >= 0.3 is 0 Å². The molecule has 88 valence electrons. The van der Waals surface area contributed by atoms with E-state index in [1.165, 1.54) is 30.0 Å². The number of rotatable bonds is 3. The van der Waals surface area contributed by atoms with Crippen molar-refractivity contribution in [2.24, 2.45) is 4.99 Å². The lowest BCUT2D eigenvalue weighted by molar-refractivity contribution is 0.703. The van der Waals surface area contributed by atoms with Crippen LogP contribution in [0.2, 0.25) is 0 Å². The lowest BCUT2D eigenvalue weighted by Gasteiger charge is -2.11.